The maximum atomic E-state index is 12.3. The van der Waals surface area contributed by atoms with E-state index in [1.807, 2.05) is 37.3 Å². The molecule has 30 heavy (non-hydrogen) atoms. The Bertz CT molecular complexity index is 1260. The molecule has 0 saturated carbocycles. The summed E-state index contributed by atoms with van der Waals surface area (Å²) < 4.78 is 5.35. The second kappa shape index (κ2) is 8.12. The first-order valence-corrected chi connectivity index (χ1v) is 9.32. The van der Waals surface area contributed by atoms with Gasteiger partial charge in [-0.3, -0.25) is 9.59 Å². The Kier molecular flexibility index (Phi) is 5.21. The highest BCUT2D eigenvalue weighted by atomic mass is 16.5. The van der Waals surface area contributed by atoms with Gasteiger partial charge in [0, 0.05) is 30.1 Å². The fourth-order valence-electron chi connectivity index (χ4n) is 3.04. The minimum atomic E-state index is -0.417. The molecule has 0 saturated heterocycles. The van der Waals surface area contributed by atoms with Crippen molar-refractivity contribution in [3.05, 3.63) is 87.9 Å². The number of nitrogens with zero attached hydrogens (tertiary/aromatic N) is 3. The number of nitrogens with one attached hydrogen (secondary N) is 2. The molecule has 4 aromatic rings. The summed E-state index contributed by atoms with van der Waals surface area (Å²) in [5.74, 6) is 0.182. The normalized spacial score (nSPS) is 10.7. The SMILES string of the molecule is Cc1cc(-c2cncnc2-c2ccc(CNC(=O)c3ccc(C)[nH]c3=O)cc2)on1. The Morgan fingerprint density at radius 2 is 1.93 bits per heavy atom. The van der Waals surface area contributed by atoms with Crippen LogP contribution in [0.2, 0.25) is 0 Å². The lowest BCUT2D eigenvalue weighted by atomic mass is 10.0. The molecule has 0 aliphatic carbocycles. The van der Waals surface area contributed by atoms with Gasteiger partial charge in [0.25, 0.3) is 11.5 Å². The van der Waals surface area contributed by atoms with E-state index in [9.17, 15) is 9.59 Å². The first-order valence-electron chi connectivity index (χ1n) is 9.32. The average molecular weight is 401 g/mol. The zero-order valence-corrected chi connectivity index (χ0v) is 16.5. The van der Waals surface area contributed by atoms with E-state index in [2.05, 4.69) is 25.4 Å². The molecule has 3 heterocycles. The van der Waals surface area contributed by atoms with Gasteiger partial charge in [0.2, 0.25) is 0 Å². The lowest BCUT2D eigenvalue weighted by molar-refractivity contribution is 0.0949. The second-order valence-corrected chi connectivity index (χ2v) is 6.88. The number of amides is 1. The molecule has 0 aliphatic heterocycles. The number of carbonyl (C=O) groups excluding carboxylic acids is 1. The van der Waals surface area contributed by atoms with Crippen molar-refractivity contribution < 1.29 is 9.32 Å². The Labute approximate surface area is 172 Å². The molecule has 8 heteroatoms. The van der Waals surface area contributed by atoms with Crippen molar-refractivity contribution in [2.75, 3.05) is 0 Å². The minimum Gasteiger partial charge on any atom is -0.356 e. The zero-order chi connectivity index (χ0) is 21.1. The summed E-state index contributed by atoms with van der Waals surface area (Å²) in [6.07, 6.45) is 3.17. The van der Waals surface area contributed by atoms with Crippen LogP contribution < -0.4 is 10.9 Å². The maximum Gasteiger partial charge on any atom is 0.260 e. The third kappa shape index (κ3) is 4.02. The molecule has 0 aliphatic rings. The Balaban J connectivity index is 1.50. The van der Waals surface area contributed by atoms with Crippen LogP contribution in [0.15, 0.2) is 64.3 Å². The van der Waals surface area contributed by atoms with Crippen molar-refractivity contribution >= 4 is 5.91 Å². The highest BCUT2D eigenvalue weighted by Crippen LogP contribution is 2.30. The van der Waals surface area contributed by atoms with Crippen LogP contribution >= 0.6 is 0 Å². The smallest absolute Gasteiger partial charge is 0.260 e. The molecule has 0 spiro atoms. The van der Waals surface area contributed by atoms with Gasteiger partial charge < -0.3 is 14.8 Å². The summed E-state index contributed by atoms with van der Waals surface area (Å²) in [5, 5.41) is 6.69. The fourth-order valence-corrected chi connectivity index (χ4v) is 3.04. The fraction of sp³-hybridized carbons (Fsp3) is 0.136. The van der Waals surface area contributed by atoms with Crippen molar-refractivity contribution in [1.29, 1.82) is 0 Å². The molecule has 3 aromatic heterocycles. The molecule has 4 rings (SSSR count). The number of hydrogen-bond acceptors (Lipinski definition) is 6. The molecule has 1 amide bonds. The molecular formula is C22H19N5O3. The average Bonchev–Trinajstić information content (AvgIpc) is 3.18. The molecule has 150 valence electrons. The van der Waals surface area contributed by atoms with Crippen LogP contribution in [0, 0.1) is 13.8 Å². The van der Waals surface area contributed by atoms with E-state index in [0.29, 0.717) is 18.0 Å². The van der Waals surface area contributed by atoms with Crippen molar-refractivity contribution in [3.8, 4) is 22.6 Å². The van der Waals surface area contributed by atoms with Gasteiger partial charge in [0.05, 0.1) is 17.0 Å². The van der Waals surface area contributed by atoms with Gasteiger partial charge in [-0.1, -0.05) is 29.4 Å². The van der Waals surface area contributed by atoms with Crippen molar-refractivity contribution in [2.45, 2.75) is 20.4 Å². The van der Waals surface area contributed by atoms with E-state index < -0.39 is 11.5 Å². The van der Waals surface area contributed by atoms with Gasteiger partial charge in [0.15, 0.2) is 5.76 Å². The molecule has 0 unspecified atom stereocenters. The largest absolute Gasteiger partial charge is 0.356 e. The Morgan fingerprint density at radius 1 is 1.13 bits per heavy atom. The predicted octanol–water partition coefficient (Wildman–Crippen LogP) is 3.03. The quantitative estimate of drug-likeness (QED) is 0.531. The Morgan fingerprint density at radius 3 is 2.63 bits per heavy atom. The van der Waals surface area contributed by atoms with Crippen molar-refractivity contribution in [1.82, 2.24) is 25.4 Å². The number of hydrogen-bond donors (Lipinski definition) is 2. The van der Waals surface area contributed by atoms with Crippen molar-refractivity contribution in [3.63, 3.8) is 0 Å². The number of rotatable bonds is 5. The second-order valence-electron chi connectivity index (χ2n) is 6.88. The predicted molar refractivity (Wildman–Crippen MR) is 111 cm³/mol. The monoisotopic (exact) mass is 401 g/mol. The summed E-state index contributed by atoms with van der Waals surface area (Å²) in [6, 6.07) is 12.7. The minimum absolute atomic E-state index is 0.0881. The molecule has 0 radical (unpaired) electrons. The number of pyridine rings is 1. The van der Waals surface area contributed by atoms with Gasteiger partial charge >= 0.3 is 0 Å². The van der Waals surface area contributed by atoms with Crippen LogP contribution in [-0.4, -0.2) is 26.0 Å². The van der Waals surface area contributed by atoms with Gasteiger partial charge in [0.1, 0.15) is 11.9 Å². The number of aryl methyl sites for hydroxylation is 2. The first-order chi connectivity index (χ1) is 14.5. The number of aromatic amines is 1. The molecule has 0 atom stereocenters. The molecule has 0 fully saturated rings. The topological polar surface area (TPSA) is 114 Å². The van der Waals surface area contributed by atoms with Crippen LogP contribution in [-0.2, 0) is 6.54 Å². The summed E-state index contributed by atoms with van der Waals surface area (Å²) in [5.41, 5.74) is 4.41. The third-order valence-corrected chi connectivity index (χ3v) is 4.59. The van der Waals surface area contributed by atoms with E-state index >= 15 is 0 Å². The van der Waals surface area contributed by atoms with E-state index in [0.717, 1.165) is 28.1 Å². The number of aromatic nitrogens is 4. The van der Waals surface area contributed by atoms with Gasteiger partial charge in [-0.05, 0) is 31.5 Å². The first kappa shape index (κ1) is 19.3. The van der Waals surface area contributed by atoms with E-state index in [1.165, 1.54) is 12.4 Å². The van der Waals surface area contributed by atoms with E-state index in [-0.39, 0.29) is 5.56 Å². The highest BCUT2D eigenvalue weighted by molar-refractivity contribution is 5.93. The van der Waals surface area contributed by atoms with Crippen LogP contribution in [0.5, 0.6) is 0 Å². The summed E-state index contributed by atoms with van der Waals surface area (Å²) in [7, 11) is 0. The zero-order valence-electron chi connectivity index (χ0n) is 16.5. The molecule has 0 bridgehead atoms. The van der Waals surface area contributed by atoms with Crippen LogP contribution in [0.25, 0.3) is 22.6 Å². The summed E-state index contributed by atoms with van der Waals surface area (Å²) in [4.78, 5) is 35.3. The van der Waals surface area contributed by atoms with Crippen LogP contribution in [0.1, 0.15) is 27.3 Å². The lowest BCUT2D eigenvalue weighted by Gasteiger charge is -2.08. The molecule has 8 nitrogen and oxygen atoms in total. The van der Waals surface area contributed by atoms with Gasteiger partial charge in [-0.15, -0.1) is 0 Å². The van der Waals surface area contributed by atoms with Gasteiger partial charge in [-0.25, -0.2) is 9.97 Å². The molecular weight excluding hydrogens is 382 g/mol. The summed E-state index contributed by atoms with van der Waals surface area (Å²) >= 11 is 0. The molecule has 1 aromatic carbocycles. The van der Waals surface area contributed by atoms with Crippen molar-refractivity contribution in [2.24, 2.45) is 0 Å². The van der Waals surface area contributed by atoms with Gasteiger partial charge in [-0.2, -0.15) is 0 Å². The summed E-state index contributed by atoms with van der Waals surface area (Å²) in [6.45, 7) is 3.91. The van der Waals surface area contributed by atoms with Crippen LogP contribution in [0.4, 0.5) is 0 Å². The number of H-pyrrole nitrogens is 1. The van der Waals surface area contributed by atoms with E-state index in [1.54, 1.807) is 19.2 Å². The highest BCUT2D eigenvalue weighted by Gasteiger charge is 2.14. The van der Waals surface area contributed by atoms with Crippen LogP contribution in [0.3, 0.4) is 0 Å². The lowest BCUT2D eigenvalue weighted by Crippen LogP contribution is -2.29. The number of carbonyl (C=O) groups is 1. The Hall–Kier alpha value is -4.07. The van der Waals surface area contributed by atoms with E-state index in [4.69, 9.17) is 4.52 Å². The standard InChI is InChI=1S/C22H19N5O3/c1-13-3-8-17(22(29)26-13)21(28)24-10-15-4-6-16(7-5-15)20-18(11-23-12-25-20)19-9-14(2)27-30-19/h3-9,11-12H,10H2,1-2H3,(H,24,28)(H,26,29). The number of benzene rings is 1. The third-order valence-electron chi connectivity index (χ3n) is 4.59. The maximum absolute atomic E-state index is 12.3. The molecule has 2 N–H and O–H groups in total.